The van der Waals surface area contributed by atoms with Crippen LogP contribution in [-0.2, 0) is 5.41 Å². The SMILES string of the molecule is CCCCCC[C@@]1(c2ccccc2C)C[C@@H]1CO. The first-order valence-corrected chi connectivity index (χ1v) is 7.41. The number of aliphatic hydroxyl groups is 1. The minimum atomic E-state index is 0.299. The second kappa shape index (κ2) is 5.88. The molecular weight excluding hydrogens is 220 g/mol. The maximum atomic E-state index is 9.50. The average Bonchev–Trinajstić information content (AvgIpc) is 3.10. The second-order valence-electron chi connectivity index (χ2n) is 5.87. The highest BCUT2D eigenvalue weighted by atomic mass is 16.3. The molecular formula is C17H26O. The molecule has 1 nitrogen and oxygen atoms in total. The molecule has 0 unspecified atom stereocenters. The van der Waals surface area contributed by atoms with E-state index in [1.807, 2.05) is 0 Å². The molecule has 2 atom stereocenters. The fraction of sp³-hybridized carbons (Fsp3) is 0.647. The van der Waals surface area contributed by atoms with Gasteiger partial charge in [-0.3, -0.25) is 0 Å². The Labute approximate surface area is 111 Å². The van der Waals surface area contributed by atoms with E-state index in [4.69, 9.17) is 0 Å². The van der Waals surface area contributed by atoms with Crippen LogP contribution in [0.4, 0.5) is 0 Å². The lowest BCUT2D eigenvalue weighted by Gasteiger charge is -2.20. The lowest BCUT2D eigenvalue weighted by atomic mass is 9.85. The third kappa shape index (κ3) is 2.61. The van der Waals surface area contributed by atoms with Gasteiger partial charge in [-0.1, -0.05) is 56.9 Å². The van der Waals surface area contributed by atoms with Crippen LogP contribution in [0.3, 0.4) is 0 Å². The normalized spacial score (nSPS) is 26.3. The fourth-order valence-electron chi connectivity index (χ4n) is 3.39. The molecule has 0 heterocycles. The van der Waals surface area contributed by atoms with Crippen molar-refractivity contribution in [1.29, 1.82) is 0 Å². The lowest BCUT2D eigenvalue weighted by Crippen LogP contribution is -2.13. The van der Waals surface area contributed by atoms with Crippen molar-refractivity contribution < 1.29 is 5.11 Å². The molecule has 1 N–H and O–H groups in total. The first-order chi connectivity index (χ1) is 8.74. The Morgan fingerprint density at radius 1 is 1.22 bits per heavy atom. The van der Waals surface area contributed by atoms with Crippen LogP contribution in [0.5, 0.6) is 0 Å². The van der Waals surface area contributed by atoms with E-state index in [9.17, 15) is 5.11 Å². The van der Waals surface area contributed by atoms with E-state index >= 15 is 0 Å². The Kier molecular flexibility index (Phi) is 4.45. The summed E-state index contributed by atoms with van der Waals surface area (Å²) in [4.78, 5) is 0. The standard InChI is InChI=1S/C17H26O/c1-3-4-5-8-11-17(12-15(17)13-18)16-10-7-6-9-14(16)2/h6-7,9-10,15,18H,3-5,8,11-13H2,1-2H3/t15-,17-/m1/s1. The molecule has 1 aliphatic rings. The predicted octanol–water partition coefficient (Wildman–Crippen LogP) is 4.22. The van der Waals surface area contributed by atoms with Crippen LogP contribution in [0.2, 0.25) is 0 Å². The Balaban J connectivity index is 2.07. The van der Waals surface area contributed by atoms with Gasteiger partial charge >= 0.3 is 0 Å². The van der Waals surface area contributed by atoms with E-state index in [0.29, 0.717) is 17.9 Å². The summed E-state index contributed by atoms with van der Waals surface area (Å²) in [6.45, 7) is 4.81. The highest BCUT2D eigenvalue weighted by Crippen LogP contribution is 2.58. The van der Waals surface area contributed by atoms with Crippen LogP contribution >= 0.6 is 0 Å². The van der Waals surface area contributed by atoms with Gasteiger partial charge in [-0.05, 0) is 36.8 Å². The van der Waals surface area contributed by atoms with Crippen molar-refractivity contribution in [2.75, 3.05) is 6.61 Å². The van der Waals surface area contributed by atoms with Crippen molar-refractivity contribution >= 4 is 0 Å². The summed E-state index contributed by atoms with van der Waals surface area (Å²) in [5.41, 5.74) is 3.18. The van der Waals surface area contributed by atoms with Gasteiger partial charge in [0.2, 0.25) is 0 Å². The highest BCUT2D eigenvalue weighted by molar-refractivity contribution is 5.39. The third-order valence-electron chi connectivity index (χ3n) is 4.61. The molecule has 0 amide bonds. The predicted molar refractivity (Wildman–Crippen MR) is 76.8 cm³/mol. The van der Waals surface area contributed by atoms with Crippen LogP contribution in [0, 0.1) is 12.8 Å². The molecule has 0 aliphatic heterocycles. The summed E-state index contributed by atoms with van der Waals surface area (Å²) in [6, 6.07) is 8.73. The quantitative estimate of drug-likeness (QED) is 0.714. The first-order valence-electron chi connectivity index (χ1n) is 7.41. The summed E-state index contributed by atoms with van der Waals surface area (Å²) in [6.07, 6.45) is 7.71. The van der Waals surface area contributed by atoms with Gasteiger partial charge in [-0.2, -0.15) is 0 Å². The highest BCUT2D eigenvalue weighted by Gasteiger charge is 2.54. The number of benzene rings is 1. The summed E-state index contributed by atoms with van der Waals surface area (Å²) >= 11 is 0. The van der Waals surface area contributed by atoms with E-state index in [2.05, 4.69) is 38.1 Å². The van der Waals surface area contributed by atoms with Crippen molar-refractivity contribution in [2.24, 2.45) is 5.92 Å². The molecule has 1 saturated carbocycles. The number of unbranched alkanes of at least 4 members (excludes halogenated alkanes) is 3. The molecule has 0 aromatic heterocycles. The number of rotatable bonds is 7. The smallest absolute Gasteiger partial charge is 0.0468 e. The van der Waals surface area contributed by atoms with E-state index in [1.165, 1.54) is 49.7 Å². The summed E-state index contributed by atoms with van der Waals surface area (Å²) in [7, 11) is 0. The summed E-state index contributed by atoms with van der Waals surface area (Å²) < 4.78 is 0. The van der Waals surface area contributed by atoms with Crippen molar-refractivity contribution in [1.82, 2.24) is 0 Å². The fourth-order valence-corrected chi connectivity index (χ4v) is 3.39. The molecule has 2 rings (SSSR count). The number of aryl methyl sites for hydroxylation is 1. The van der Waals surface area contributed by atoms with Crippen molar-refractivity contribution in [3.8, 4) is 0 Å². The first kappa shape index (κ1) is 13.6. The molecule has 1 fully saturated rings. The van der Waals surface area contributed by atoms with Crippen molar-refractivity contribution in [3.63, 3.8) is 0 Å². The summed E-state index contributed by atoms with van der Waals surface area (Å²) in [5.74, 6) is 0.500. The van der Waals surface area contributed by atoms with Crippen molar-refractivity contribution in [3.05, 3.63) is 35.4 Å². The van der Waals surface area contributed by atoms with Gasteiger partial charge in [0.1, 0.15) is 0 Å². The molecule has 18 heavy (non-hydrogen) atoms. The lowest BCUT2D eigenvalue weighted by molar-refractivity contribution is 0.260. The maximum Gasteiger partial charge on any atom is 0.0468 e. The average molecular weight is 246 g/mol. The van der Waals surface area contributed by atoms with Gasteiger partial charge in [0, 0.05) is 12.0 Å². The second-order valence-corrected chi connectivity index (χ2v) is 5.87. The Hall–Kier alpha value is -0.820. The molecule has 1 aromatic carbocycles. The molecule has 1 heteroatoms. The molecule has 0 saturated heterocycles. The van der Waals surface area contributed by atoms with Gasteiger partial charge in [0.05, 0.1) is 0 Å². The van der Waals surface area contributed by atoms with Crippen LogP contribution in [0.25, 0.3) is 0 Å². The zero-order valence-corrected chi connectivity index (χ0v) is 11.8. The van der Waals surface area contributed by atoms with E-state index in [0.717, 1.165) is 0 Å². The minimum Gasteiger partial charge on any atom is -0.396 e. The van der Waals surface area contributed by atoms with Crippen LogP contribution in [0.1, 0.15) is 56.6 Å². The number of hydrogen-bond acceptors (Lipinski definition) is 1. The third-order valence-corrected chi connectivity index (χ3v) is 4.61. The van der Waals surface area contributed by atoms with E-state index < -0.39 is 0 Å². The van der Waals surface area contributed by atoms with Gasteiger partial charge in [0.15, 0.2) is 0 Å². The van der Waals surface area contributed by atoms with Crippen LogP contribution < -0.4 is 0 Å². The Bertz CT molecular complexity index is 385. The van der Waals surface area contributed by atoms with Crippen LogP contribution in [-0.4, -0.2) is 11.7 Å². The van der Waals surface area contributed by atoms with Gasteiger partial charge in [-0.15, -0.1) is 0 Å². The van der Waals surface area contributed by atoms with E-state index in [1.54, 1.807) is 0 Å². The van der Waals surface area contributed by atoms with E-state index in [-0.39, 0.29) is 0 Å². The maximum absolute atomic E-state index is 9.50. The van der Waals surface area contributed by atoms with Gasteiger partial charge in [-0.25, -0.2) is 0 Å². The zero-order valence-electron chi connectivity index (χ0n) is 11.8. The topological polar surface area (TPSA) is 20.2 Å². The Morgan fingerprint density at radius 2 is 2.00 bits per heavy atom. The number of aliphatic hydroxyl groups excluding tert-OH is 1. The molecule has 0 bridgehead atoms. The molecule has 0 radical (unpaired) electrons. The number of hydrogen-bond donors (Lipinski definition) is 1. The zero-order chi connectivity index (χ0) is 13.0. The van der Waals surface area contributed by atoms with Gasteiger partial charge in [0.25, 0.3) is 0 Å². The molecule has 1 aromatic rings. The molecule has 100 valence electrons. The van der Waals surface area contributed by atoms with Crippen molar-refractivity contribution in [2.45, 2.75) is 57.8 Å². The molecule has 0 spiro atoms. The Morgan fingerprint density at radius 3 is 2.61 bits per heavy atom. The largest absolute Gasteiger partial charge is 0.396 e. The molecule has 1 aliphatic carbocycles. The monoisotopic (exact) mass is 246 g/mol. The summed E-state index contributed by atoms with van der Waals surface area (Å²) in [5, 5.41) is 9.50. The van der Waals surface area contributed by atoms with Crippen LogP contribution in [0.15, 0.2) is 24.3 Å². The minimum absolute atomic E-state index is 0.299. The van der Waals surface area contributed by atoms with Gasteiger partial charge < -0.3 is 5.11 Å².